The first-order valence-corrected chi connectivity index (χ1v) is 15.6. The zero-order chi connectivity index (χ0) is 32.0. The highest BCUT2D eigenvalue weighted by Gasteiger charge is 2.50. The molecule has 2 aliphatic rings. The Labute approximate surface area is 246 Å². The van der Waals surface area contributed by atoms with Crippen LogP contribution >= 0.6 is 15.6 Å². The Morgan fingerprint density at radius 1 is 0.977 bits per heavy atom. The molecule has 3 aromatic heterocycles. The molecule has 44 heavy (non-hydrogen) atoms. The number of nitrogens with two attached hydrogens (primary N) is 2. The lowest BCUT2D eigenvalue weighted by Gasteiger charge is -2.20. The number of aliphatic hydroxyl groups excluding tert-OH is 4. The van der Waals surface area contributed by atoms with Crippen molar-refractivity contribution in [3.63, 3.8) is 0 Å². The maximum absolute atomic E-state index is 12.4. The fourth-order valence-electron chi connectivity index (χ4n) is 4.58. The smallest absolute Gasteiger partial charge is 0.387 e. The van der Waals surface area contributed by atoms with E-state index in [-0.39, 0.29) is 22.5 Å². The van der Waals surface area contributed by atoms with Crippen LogP contribution in [0.25, 0.3) is 11.2 Å². The number of aromatic nitrogens is 5. The summed E-state index contributed by atoms with van der Waals surface area (Å²) in [5.74, 6) is -0.714. The number of nitrogens with zero attached hydrogens (tertiary/aromatic N) is 5. The van der Waals surface area contributed by atoms with Gasteiger partial charge in [0.15, 0.2) is 36.2 Å². The predicted octanol–water partition coefficient (Wildman–Crippen LogP) is -3.02. The van der Waals surface area contributed by atoms with E-state index >= 15 is 0 Å². The number of amides is 1. The van der Waals surface area contributed by atoms with Gasteiger partial charge in [-0.05, 0) is 6.07 Å². The first-order chi connectivity index (χ1) is 20.7. The Balaban J connectivity index is 1.16. The number of primary amides is 1. The standard InChI is InChI=1S/C21H27N7O14P2/c22-17-12-19(25-7-24-17)28(8-26-12)21-16(32)14(30)11(41-21)6-39-44(36,37)42-43(34,35)38-5-10-13(29)15(31)20(40-10)27-3-1-2-9(4-27)18(23)33/h1-4,7-8,10-11,13-16,20-21,29-32H,5-6H2,(H5-,22,23,24,25,33,34,35,36,37)/p+1/t10-,11-,13+,14+,15+,16+,20-,21-/m1/s1. The Hall–Kier alpha value is -3.01. The molecular weight excluding hydrogens is 636 g/mol. The molecule has 10 atom stereocenters. The number of hydrogen-bond donors (Lipinski definition) is 8. The third-order valence-electron chi connectivity index (χ3n) is 6.75. The molecule has 0 aliphatic carbocycles. The summed E-state index contributed by atoms with van der Waals surface area (Å²) in [6.07, 6.45) is -6.85. The maximum atomic E-state index is 12.4. The van der Waals surface area contributed by atoms with Gasteiger partial charge in [-0.3, -0.25) is 18.4 Å². The first-order valence-electron chi connectivity index (χ1n) is 12.6. The number of anilines is 1. The van der Waals surface area contributed by atoms with Crippen molar-refractivity contribution < 1.29 is 71.5 Å². The van der Waals surface area contributed by atoms with Crippen molar-refractivity contribution in [3.05, 3.63) is 42.7 Å². The number of pyridine rings is 1. The van der Waals surface area contributed by atoms with Crippen molar-refractivity contribution in [1.82, 2.24) is 19.5 Å². The van der Waals surface area contributed by atoms with Gasteiger partial charge in [0.25, 0.3) is 12.1 Å². The number of ether oxygens (including phenoxy) is 2. The fraction of sp³-hybridized carbons (Fsp3) is 0.476. The average Bonchev–Trinajstić information content (AvgIpc) is 3.61. The van der Waals surface area contributed by atoms with Crippen LogP contribution < -0.4 is 16.0 Å². The summed E-state index contributed by atoms with van der Waals surface area (Å²) in [6.45, 7) is -1.80. The molecule has 21 nitrogen and oxygen atoms in total. The van der Waals surface area contributed by atoms with E-state index in [9.17, 15) is 44.1 Å². The van der Waals surface area contributed by atoms with Crippen LogP contribution in [-0.4, -0.2) is 105 Å². The van der Waals surface area contributed by atoms with Gasteiger partial charge in [0, 0.05) is 6.07 Å². The van der Waals surface area contributed by atoms with Gasteiger partial charge >= 0.3 is 15.6 Å². The maximum Gasteiger partial charge on any atom is 0.481 e. The molecule has 0 spiro atoms. The minimum absolute atomic E-state index is 0.0505. The predicted molar refractivity (Wildman–Crippen MR) is 139 cm³/mol. The number of aliphatic hydroxyl groups is 4. The lowest BCUT2D eigenvalue weighted by atomic mass is 10.1. The summed E-state index contributed by atoms with van der Waals surface area (Å²) in [4.78, 5) is 43.3. The molecule has 5 rings (SSSR count). The van der Waals surface area contributed by atoms with E-state index in [0.717, 1.165) is 6.33 Å². The molecular formula is C21H28N7O14P2+. The molecule has 2 saturated heterocycles. The number of hydrogen-bond acceptors (Lipinski definition) is 16. The minimum Gasteiger partial charge on any atom is -0.387 e. The quantitative estimate of drug-likeness (QED) is 0.0747. The molecule has 3 aromatic rings. The Morgan fingerprint density at radius 2 is 1.61 bits per heavy atom. The number of rotatable bonds is 11. The van der Waals surface area contributed by atoms with E-state index < -0.39 is 83.8 Å². The molecule has 240 valence electrons. The van der Waals surface area contributed by atoms with Gasteiger partial charge in [-0.25, -0.2) is 24.1 Å². The monoisotopic (exact) mass is 664 g/mol. The van der Waals surface area contributed by atoms with Crippen molar-refractivity contribution in [3.8, 4) is 0 Å². The average molecular weight is 664 g/mol. The van der Waals surface area contributed by atoms with Gasteiger partial charge in [0.2, 0.25) is 0 Å². The second-order valence-corrected chi connectivity index (χ2v) is 12.7. The molecule has 2 fully saturated rings. The first kappa shape index (κ1) is 32.4. The molecule has 1 amide bonds. The van der Waals surface area contributed by atoms with Gasteiger partial charge < -0.3 is 51.2 Å². The van der Waals surface area contributed by atoms with Crippen LogP contribution in [0.15, 0.2) is 37.2 Å². The summed E-state index contributed by atoms with van der Waals surface area (Å²) in [7, 11) is -10.7. The summed E-state index contributed by atoms with van der Waals surface area (Å²) < 4.78 is 52.0. The van der Waals surface area contributed by atoms with Crippen LogP contribution in [0.4, 0.5) is 5.82 Å². The van der Waals surface area contributed by atoms with Crippen molar-refractivity contribution in [1.29, 1.82) is 0 Å². The van der Waals surface area contributed by atoms with E-state index in [1.54, 1.807) is 0 Å². The molecule has 2 aliphatic heterocycles. The SMILES string of the molecule is NC(=O)c1ccc[n+]([C@@H]2O[C@H](COP(=O)(O)OP(=O)(O)OC[C@H]3O[C@@H](n4cnc5c(N)ncnc54)[C@@H](O)[C@H]3O)[C@H](O)[C@@H]2O)c1. The zero-order valence-electron chi connectivity index (χ0n) is 22.2. The van der Waals surface area contributed by atoms with E-state index in [1.807, 2.05) is 0 Å². The lowest BCUT2D eigenvalue weighted by Crippen LogP contribution is -2.46. The van der Waals surface area contributed by atoms with Crippen LogP contribution in [0.2, 0.25) is 0 Å². The van der Waals surface area contributed by atoms with Crippen molar-refractivity contribution in [2.45, 2.75) is 49.1 Å². The summed E-state index contributed by atoms with van der Waals surface area (Å²) in [5, 5.41) is 41.6. The van der Waals surface area contributed by atoms with Crippen LogP contribution in [0.5, 0.6) is 0 Å². The third-order valence-corrected chi connectivity index (χ3v) is 9.35. The Kier molecular flexibility index (Phi) is 9.13. The number of imidazole rings is 1. The highest BCUT2D eigenvalue weighted by atomic mass is 31.3. The van der Waals surface area contributed by atoms with Crippen LogP contribution in [0, 0.1) is 0 Å². The van der Waals surface area contributed by atoms with Gasteiger partial charge in [0.1, 0.15) is 47.9 Å². The number of phosphoric acid groups is 2. The fourth-order valence-corrected chi connectivity index (χ4v) is 6.67. The lowest BCUT2D eigenvalue weighted by molar-refractivity contribution is -0.765. The topological polar surface area (TPSA) is 318 Å². The van der Waals surface area contributed by atoms with Crippen LogP contribution in [0.1, 0.15) is 22.8 Å². The third kappa shape index (κ3) is 6.65. The highest BCUT2D eigenvalue weighted by Crippen LogP contribution is 2.60. The molecule has 2 unspecified atom stereocenters. The summed E-state index contributed by atoms with van der Waals surface area (Å²) >= 11 is 0. The largest absolute Gasteiger partial charge is 0.481 e. The van der Waals surface area contributed by atoms with Crippen molar-refractivity contribution >= 4 is 38.5 Å². The highest BCUT2D eigenvalue weighted by molar-refractivity contribution is 7.61. The van der Waals surface area contributed by atoms with Crippen molar-refractivity contribution in [2.75, 3.05) is 18.9 Å². The van der Waals surface area contributed by atoms with Crippen LogP contribution in [0.3, 0.4) is 0 Å². The number of carbonyl (C=O) groups is 1. The molecule has 0 bridgehead atoms. The minimum atomic E-state index is -5.37. The van der Waals surface area contributed by atoms with E-state index in [4.69, 9.17) is 25.5 Å². The van der Waals surface area contributed by atoms with E-state index in [0.29, 0.717) is 0 Å². The second kappa shape index (κ2) is 12.4. The number of carbonyl (C=O) groups excluding carboxylic acids is 1. The number of phosphoric ester groups is 2. The zero-order valence-corrected chi connectivity index (χ0v) is 24.0. The normalized spacial score (nSPS) is 31.6. The Morgan fingerprint density at radius 3 is 2.27 bits per heavy atom. The van der Waals surface area contributed by atoms with E-state index in [1.165, 1.54) is 40.0 Å². The molecule has 23 heteroatoms. The Bertz CT molecular complexity index is 1630. The van der Waals surface area contributed by atoms with Gasteiger partial charge in [0.05, 0.1) is 19.5 Å². The van der Waals surface area contributed by atoms with E-state index in [2.05, 4.69) is 23.8 Å². The second-order valence-electron chi connectivity index (χ2n) is 9.69. The van der Waals surface area contributed by atoms with Gasteiger partial charge in [-0.15, -0.1) is 0 Å². The number of nitrogen functional groups attached to an aromatic ring is 1. The number of fused-ring (bicyclic) bond motifs is 1. The molecule has 0 radical (unpaired) electrons. The van der Waals surface area contributed by atoms with Crippen LogP contribution in [-0.2, 0) is 32.0 Å². The van der Waals surface area contributed by atoms with Crippen molar-refractivity contribution in [2.24, 2.45) is 5.73 Å². The molecule has 5 heterocycles. The summed E-state index contributed by atoms with van der Waals surface area (Å²) in [6, 6.07) is 2.83. The molecule has 10 N–H and O–H groups in total. The molecule has 0 saturated carbocycles. The van der Waals surface area contributed by atoms with Gasteiger partial charge in [-0.1, -0.05) is 0 Å². The van der Waals surface area contributed by atoms with Gasteiger partial charge in [-0.2, -0.15) is 8.88 Å². The summed E-state index contributed by atoms with van der Waals surface area (Å²) in [5.41, 5.74) is 11.4. The molecule has 0 aromatic carbocycles.